The molecule has 0 unspecified atom stereocenters. The van der Waals surface area contributed by atoms with Gasteiger partial charge in [-0.3, -0.25) is 4.79 Å². The lowest BCUT2D eigenvalue weighted by atomic mass is 10.0. The van der Waals surface area contributed by atoms with Gasteiger partial charge in [-0.25, -0.2) is 13.1 Å². The van der Waals surface area contributed by atoms with Crippen LogP contribution in [0.4, 0.5) is 5.69 Å². The summed E-state index contributed by atoms with van der Waals surface area (Å²) in [6, 6.07) is 14.8. The largest absolute Gasteiger partial charge is 0.312 e. The van der Waals surface area contributed by atoms with E-state index in [9.17, 15) is 13.2 Å². The van der Waals surface area contributed by atoms with E-state index in [2.05, 4.69) is 4.72 Å². The zero-order valence-electron chi connectivity index (χ0n) is 15.1. The van der Waals surface area contributed by atoms with Gasteiger partial charge in [0.25, 0.3) is 0 Å². The zero-order valence-corrected chi connectivity index (χ0v) is 15.9. The zero-order chi connectivity index (χ0) is 18.7. The first kappa shape index (κ1) is 18.6. The van der Waals surface area contributed by atoms with E-state index >= 15 is 0 Å². The van der Waals surface area contributed by atoms with Crippen LogP contribution in [0.1, 0.15) is 36.8 Å². The lowest BCUT2D eigenvalue weighted by Crippen LogP contribution is -2.28. The number of carbonyl (C=O) groups is 1. The monoisotopic (exact) mass is 372 g/mol. The summed E-state index contributed by atoms with van der Waals surface area (Å²) in [7, 11) is -3.59. The Labute approximate surface area is 155 Å². The molecule has 5 nitrogen and oxygen atoms in total. The van der Waals surface area contributed by atoms with Gasteiger partial charge in [0.15, 0.2) is 0 Å². The van der Waals surface area contributed by atoms with Crippen LogP contribution in [0.25, 0.3) is 0 Å². The van der Waals surface area contributed by atoms with Crippen LogP contribution in [-0.2, 0) is 14.8 Å². The van der Waals surface area contributed by atoms with Crippen molar-refractivity contribution in [2.24, 2.45) is 0 Å². The van der Waals surface area contributed by atoms with Gasteiger partial charge in [-0.05, 0) is 48.6 Å². The van der Waals surface area contributed by atoms with Crippen LogP contribution in [0.3, 0.4) is 0 Å². The molecule has 138 valence electrons. The van der Waals surface area contributed by atoms with Gasteiger partial charge in [0, 0.05) is 25.2 Å². The fraction of sp³-hybridized carbons (Fsp3) is 0.350. The molecule has 1 atom stereocenters. The topological polar surface area (TPSA) is 66.5 Å². The maximum absolute atomic E-state index is 12.6. The summed E-state index contributed by atoms with van der Waals surface area (Å²) < 4.78 is 27.9. The minimum Gasteiger partial charge on any atom is -0.312 e. The van der Waals surface area contributed by atoms with Gasteiger partial charge in [0.1, 0.15) is 0 Å². The van der Waals surface area contributed by atoms with Crippen LogP contribution in [-0.4, -0.2) is 27.4 Å². The lowest BCUT2D eigenvalue weighted by molar-refractivity contribution is -0.117. The maximum Gasteiger partial charge on any atom is 0.240 e. The highest BCUT2D eigenvalue weighted by Gasteiger charge is 2.24. The van der Waals surface area contributed by atoms with E-state index in [1.165, 1.54) is 0 Å². The third kappa shape index (κ3) is 3.97. The second-order valence-corrected chi connectivity index (χ2v) is 8.53. The quantitative estimate of drug-likeness (QED) is 0.847. The first-order valence-corrected chi connectivity index (χ1v) is 10.3. The van der Waals surface area contributed by atoms with E-state index < -0.39 is 10.0 Å². The fourth-order valence-corrected chi connectivity index (χ4v) is 4.43. The molecule has 1 aliphatic rings. The highest BCUT2D eigenvalue weighted by Crippen LogP contribution is 2.27. The molecule has 0 aromatic heterocycles. The lowest BCUT2D eigenvalue weighted by Gasteiger charge is -2.19. The third-order valence-corrected chi connectivity index (χ3v) is 6.21. The molecular formula is C20H24N2O3S. The molecule has 0 saturated carbocycles. The number of aryl methyl sites for hydroxylation is 1. The number of nitrogens with zero attached hydrogens (tertiary/aromatic N) is 1. The Hall–Kier alpha value is -2.18. The number of hydrogen-bond donors (Lipinski definition) is 1. The summed E-state index contributed by atoms with van der Waals surface area (Å²) in [6.45, 7) is 4.86. The molecule has 2 aromatic carbocycles. The summed E-state index contributed by atoms with van der Waals surface area (Å²) in [5.41, 5.74) is 2.68. The highest BCUT2D eigenvalue weighted by atomic mass is 32.2. The summed E-state index contributed by atoms with van der Waals surface area (Å²) in [4.78, 5) is 13.9. The smallest absolute Gasteiger partial charge is 0.240 e. The third-order valence-electron chi connectivity index (χ3n) is 4.79. The molecule has 1 amide bonds. The standard InChI is InChI=1S/C20H24N2O3S/c1-15-13-18(10-11-19(15)22-12-6-9-20(22)23)26(24,25)21-14-16(2)17-7-4-3-5-8-17/h3-5,7-8,10-11,13,16,21H,6,9,12,14H2,1-2H3/t16-/m0/s1. The van der Waals surface area contributed by atoms with Crippen molar-refractivity contribution in [2.45, 2.75) is 37.5 Å². The molecule has 1 fully saturated rings. The molecule has 2 aromatic rings. The van der Waals surface area contributed by atoms with Crippen molar-refractivity contribution in [3.05, 3.63) is 59.7 Å². The van der Waals surface area contributed by atoms with Crippen molar-refractivity contribution in [1.82, 2.24) is 4.72 Å². The second-order valence-electron chi connectivity index (χ2n) is 6.76. The van der Waals surface area contributed by atoms with Crippen molar-refractivity contribution >= 4 is 21.6 Å². The Morgan fingerprint density at radius 3 is 2.50 bits per heavy atom. The molecule has 1 saturated heterocycles. The molecular weight excluding hydrogens is 348 g/mol. The Kier molecular flexibility index (Phi) is 5.44. The normalized spacial score (nSPS) is 16.1. The maximum atomic E-state index is 12.6. The van der Waals surface area contributed by atoms with Crippen molar-refractivity contribution in [2.75, 3.05) is 18.0 Å². The van der Waals surface area contributed by atoms with Gasteiger partial charge in [-0.1, -0.05) is 37.3 Å². The number of rotatable bonds is 6. The van der Waals surface area contributed by atoms with Crippen LogP contribution in [0, 0.1) is 6.92 Å². The van der Waals surface area contributed by atoms with Crippen molar-refractivity contribution in [3.8, 4) is 0 Å². The Morgan fingerprint density at radius 1 is 1.15 bits per heavy atom. The van der Waals surface area contributed by atoms with Gasteiger partial charge in [-0.2, -0.15) is 0 Å². The molecule has 0 bridgehead atoms. The van der Waals surface area contributed by atoms with Gasteiger partial charge in [0.2, 0.25) is 15.9 Å². The Morgan fingerprint density at radius 2 is 1.88 bits per heavy atom. The van der Waals surface area contributed by atoms with Crippen LogP contribution < -0.4 is 9.62 Å². The molecule has 1 heterocycles. The highest BCUT2D eigenvalue weighted by molar-refractivity contribution is 7.89. The molecule has 0 aliphatic carbocycles. The van der Waals surface area contributed by atoms with Crippen LogP contribution in [0.15, 0.2) is 53.4 Å². The first-order chi connectivity index (χ1) is 12.4. The number of anilines is 1. The molecule has 0 radical (unpaired) electrons. The van der Waals surface area contributed by atoms with E-state index in [1.54, 1.807) is 23.1 Å². The van der Waals surface area contributed by atoms with Crippen LogP contribution in [0.2, 0.25) is 0 Å². The van der Waals surface area contributed by atoms with Gasteiger partial charge < -0.3 is 4.90 Å². The summed E-state index contributed by atoms with van der Waals surface area (Å²) >= 11 is 0. The van der Waals surface area contributed by atoms with E-state index in [-0.39, 0.29) is 16.7 Å². The predicted octanol–water partition coefficient (Wildman–Crippen LogP) is 3.20. The van der Waals surface area contributed by atoms with Crippen molar-refractivity contribution < 1.29 is 13.2 Å². The molecule has 1 aliphatic heterocycles. The average Bonchev–Trinajstić information content (AvgIpc) is 3.06. The summed E-state index contributed by atoms with van der Waals surface area (Å²) in [6.07, 6.45) is 1.40. The number of benzene rings is 2. The molecule has 26 heavy (non-hydrogen) atoms. The van der Waals surface area contributed by atoms with Crippen molar-refractivity contribution in [3.63, 3.8) is 0 Å². The fourth-order valence-electron chi connectivity index (χ4n) is 3.22. The minimum atomic E-state index is -3.59. The van der Waals surface area contributed by atoms with E-state index in [1.807, 2.05) is 44.2 Å². The number of carbonyl (C=O) groups excluding carboxylic acids is 1. The van der Waals surface area contributed by atoms with Gasteiger partial charge in [-0.15, -0.1) is 0 Å². The summed E-state index contributed by atoms with van der Waals surface area (Å²) in [5.74, 6) is 0.173. The van der Waals surface area contributed by atoms with Crippen LogP contribution in [0.5, 0.6) is 0 Å². The molecule has 3 rings (SSSR count). The second kappa shape index (κ2) is 7.60. The molecule has 0 spiro atoms. The Balaban J connectivity index is 1.73. The first-order valence-electron chi connectivity index (χ1n) is 8.84. The number of nitrogens with one attached hydrogen (secondary N) is 1. The number of hydrogen-bond acceptors (Lipinski definition) is 3. The predicted molar refractivity (Wildman–Crippen MR) is 103 cm³/mol. The summed E-state index contributed by atoms with van der Waals surface area (Å²) in [5, 5.41) is 0. The van der Waals surface area contributed by atoms with Gasteiger partial charge >= 0.3 is 0 Å². The van der Waals surface area contributed by atoms with E-state index in [4.69, 9.17) is 0 Å². The minimum absolute atomic E-state index is 0.0774. The van der Waals surface area contributed by atoms with E-state index in [0.29, 0.717) is 19.5 Å². The molecule has 6 heteroatoms. The van der Waals surface area contributed by atoms with Crippen LogP contribution >= 0.6 is 0 Å². The Bertz CT molecular complexity index is 895. The van der Waals surface area contributed by atoms with Crippen molar-refractivity contribution in [1.29, 1.82) is 0 Å². The number of sulfonamides is 1. The van der Waals surface area contributed by atoms with Gasteiger partial charge in [0.05, 0.1) is 4.90 Å². The number of amides is 1. The average molecular weight is 372 g/mol. The van der Waals surface area contributed by atoms with E-state index in [0.717, 1.165) is 23.2 Å². The SMILES string of the molecule is Cc1cc(S(=O)(=O)NC[C@H](C)c2ccccc2)ccc1N1CCCC1=O. The molecule has 1 N–H and O–H groups in total.